The maximum atomic E-state index is 9.96. The molecular formula is C42H76N2O3. The fraction of sp³-hybridized carbons (Fsp3) is 0.667. The predicted octanol–water partition coefficient (Wildman–Crippen LogP) is 10.5. The van der Waals surface area contributed by atoms with Gasteiger partial charge in [0, 0.05) is 31.0 Å². The maximum absolute atomic E-state index is 9.96. The van der Waals surface area contributed by atoms with Crippen LogP contribution >= 0.6 is 0 Å². The highest BCUT2D eigenvalue weighted by atomic mass is 16.5. The van der Waals surface area contributed by atoms with E-state index in [4.69, 9.17) is 4.79 Å². The molecule has 1 aliphatic heterocycles. The Morgan fingerprint density at radius 1 is 0.894 bits per heavy atom. The van der Waals surface area contributed by atoms with Crippen molar-refractivity contribution >= 4 is 12.8 Å². The minimum atomic E-state index is -0.157. The Hall–Kier alpha value is -2.50. The molecule has 5 heteroatoms. The number of benzene rings is 2. The number of methoxy groups -OCH3 is 1. The van der Waals surface area contributed by atoms with Gasteiger partial charge < -0.3 is 14.4 Å². The first kappa shape index (κ1) is 48.9. The van der Waals surface area contributed by atoms with Crippen LogP contribution in [-0.4, -0.2) is 68.4 Å². The largest absolute Gasteiger partial charge is 0.469 e. The van der Waals surface area contributed by atoms with Gasteiger partial charge in [0.25, 0.3) is 0 Å². The number of hydrogen-bond acceptors (Lipinski definition) is 5. The van der Waals surface area contributed by atoms with Crippen LogP contribution in [0.4, 0.5) is 0 Å². The predicted molar refractivity (Wildman–Crippen MR) is 208 cm³/mol. The van der Waals surface area contributed by atoms with Crippen LogP contribution in [0.5, 0.6) is 0 Å². The number of carbonyl (C=O) groups excluding carboxylic acids is 2. The average Bonchev–Trinajstić information content (AvgIpc) is 3.42. The number of likely N-dealkylation sites (tertiary alicyclic amines) is 1. The Morgan fingerprint density at radius 2 is 1.40 bits per heavy atom. The van der Waals surface area contributed by atoms with E-state index in [9.17, 15) is 4.79 Å². The Kier molecular flexibility index (Phi) is 28.6. The quantitative estimate of drug-likeness (QED) is 0.278. The van der Waals surface area contributed by atoms with E-state index in [0.717, 1.165) is 11.8 Å². The lowest BCUT2D eigenvalue weighted by Crippen LogP contribution is -2.39. The minimum Gasteiger partial charge on any atom is -0.469 e. The van der Waals surface area contributed by atoms with Crippen molar-refractivity contribution in [2.45, 2.75) is 135 Å². The molecule has 0 saturated carbocycles. The fourth-order valence-corrected chi connectivity index (χ4v) is 5.17. The molecule has 3 rings (SSSR count). The number of aryl methyl sites for hydroxylation is 5. The van der Waals surface area contributed by atoms with E-state index in [1.54, 1.807) is 12.5 Å². The Labute approximate surface area is 292 Å². The Bertz CT molecular complexity index is 1070. The second-order valence-corrected chi connectivity index (χ2v) is 14.0. The topological polar surface area (TPSA) is 49.9 Å². The summed E-state index contributed by atoms with van der Waals surface area (Å²) < 4.78 is 4.26. The Morgan fingerprint density at radius 3 is 1.74 bits per heavy atom. The van der Waals surface area contributed by atoms with Crippen molar-refractivity contribution in [2.24, 2.45) is 11.8 Å². The highest BCUT2D eigenvalue weighted by molar-refractivity contribution is 5.68. The summed E-state index contributed by atoms with van der Waals surface area (Å²) in [5, 5.41) is 0. The summed E-state index contributed by atoms with van der Waals surface area (Å²) in [6, 6.07) is 13.4. The van der Waals surface area contributed by atoms with Crippen LogP contribution in [0.2, 0.25) is 0 Å². The molecule has 2 atom stereocenters. The standard InChI is InChI=1S/C17H27N.C9H21N.C9H12.C4H8O2.C2H6.CH2O/c1-12-7-8-15(13(2)9-12)16-11-18(10-14(16)3)17(4,5)6;1-5-7-10(4)8-6-9(2)3;1-7-4-5-8(2)9(3)6-7;1-3-4(5)6-2;2*1-2/h7-9,14,16H,10-11H2,1-6H3;9H,5-8H2,1-4H3;4-6H,1-3H3;3H2,1-2H3;1-2H3;1H2/t14?,16-;;;;;/m1...../s1. The third-order valence-electron chi connectivity index (χ3n) is 8.26. The van der Waals surface area contributed by atoms with Gasteiger partial charge in [-0.2, -0.15) is 0 Å². The van der Waals surface area contributed by atoms with Gasteiger partial charge in [-0.05, 0) is 122 Å². The summed E-state index contributed by atoms with van der Waals surface area (Å²) in [5.41, 5.74) is 8.78. The van der Waals surface area contributed by atoms with Crippen molar-refractivity contribution in [3.63, 3.8) is 0 Å². The lowest BCUT2D eigenvalue weighted by molar-refractivity contribution is -0.140. The molecule has 1 saturated heterocycles. The van der Waals surface area contributed by atoms with Crippen LogP contribution in [0, 0.1) is 46.5 Å². The third kappa shape index (κ3) is 22.7. The molecule has 1 unspecified atom stereocenters. The molecule has 5 nitrogen and oxygen atoms in total. The second kappa shape index (κ2) is 27.5. The molecule has 47 heavy (non-hydrogen) atoms. The summed E-state index contributed by atoms with van der Waals surface area (Å²) in [6.45, 7) is 39.7. The maximum Gasteiger partial charge on any atom is 0.305 e. The molecule has 0 bridgehead atoms. The lowest BCUT2D eigenvalue weighted by atomic mass is 9.87. The first-order chi connectivity index (χ1) is 22.0. The van der Waals surface area contributed by atoms with Crippen molar-refractivity contribution in [1.29, 1.82) is 0 Å². The number of rotatable bonds is 7. The molecule has 1 heterocycles. The zero-order valence-electron chi connectivity index (χ0n) is 34.0. The third-order valence-corrected chi connectivity index (χ3v) is 8.26. The van der Waals surface area contributed by atoms with Crippen molar-refractivity contribution in [1.82, 2.24) is 9.80 Å². The van der Waals surface area contributed by atoms with E-state index < -0.39 is 0 Å². The first-order valence-corrected chi connectivity index (χ1v) is 17.9. The van der Waals surface area contributed by atoms with Crippen molar-refractivity contribution in [3.05, 3.63) is 69.8 Å². The zero-order valence-corrected chi connectivity index (χ0v) is 34.0. The lowest BCUT2D eigenvalue weighted by Gasteiger charge is -2.32. The second-order valence-electron chi connectivity index (χ2n) is 14.0. The van der Waals surface area contributed by atoms with Crippen molar-refractivity contribution < 1.29 is 14.3 Å². The number of nitrogens with zero attached hydrogens (tertiary/aromatic N) is 2. The minimum absolute atomic E-state index is 0.157. The van der Waals surface area contributed by atoms with Crippen molar-refractivity contribution in [2.75, 3.05) is 40.3 Å². The normalized spacial score (nSPS) is 15.3. The van der Waals surface area contributed by atoms with Crippen molar-refractivity contribution in [3.8, 4) is 0 Å². The summed E-state index contributed by atoms with van der Waals surface area (Å²) in [4.78, 5) is 23.0. The first-order valence-electron chi connectivity index (χ1n) is 17.9. The van der Waals surface area contributed by atoms with Gasteiger partial charge in [0.1, 0.15) is 6.79 Å². The van der Waals surface area contributed by atoms with Gasteiger partial charge >= 0.3 is 5.97 Å². The summed E-state index contributed by atoms with van der Waals surface area (Å²) in [5.74, 6) is 2.14. The van der Waals surface area contributed by atoms with Gasteiger partial charge in [0.2, 0.25) is 0 Å². The summed E-state index contributed by atoms with van der Waals surface area (Å²) in [7, 11) is 3.58. The number of hydrogen-bond donors (Lipinski definition) is 0. The van der Waals surface area contributed by atoms with Gasteiger partial charge in [-0.1, -0.05) is 96.0 Å². The molecule has 1 aliphatic rings. The highest BCUT2D eigenvalue weighted by Gasteiger charge is 2.36. The van der Waals surface area contributed by atoms with E-state index in [1.807, 2.05) is 20.6 Å². The molecule has 0 amide bonds. The molecule has 1 fully saturated rings. The summed E-state index contributed by atoms with van der Waals surface area (Å²) >= 11 is 0. The van der Waals surface area contributed by atoms with Crippen LogP contribution < -0.4 is 0 Å². The van der Waals surface area contributed by atoms with E-state index in [1.165, 1.54) is 73.9 Å². The smallest absolute Gasteiger partial charge is 0.305 e. The van der Waals surface area contributed by atoms with Gasteiger partial charge in [0.05, 0.1) is 7.11 Å². The van der Waals surface area contributed by atoms with Crippen LogP contribution in [0.25, 0.3) is 0 Å². The molecule has 0 radical (unpaired) electrons. The van der Waals surface area contributed by atoms with Gasteiger partial charge in [-0.25, -0.2) is 0 Å². The Balaban J connectivity index is -0.000000573. The van der Waals surface area contributed by atoms with E-state index in [-0.39, 0.29) is 5.97 Å². The number of carbonyl (C=O) groups is 2. The number of esters is 1. The molecule has 0 aliphatic carbocycles. The molecule has 272 valence electrons. The number of ether oxygens (including phenoxy) is 1. The van der Waals surface area contributed by atoms with E-state index in [2.05, 4.69) is 141 Å². The highest BCUT2D eigenvalue weighted by Crippen LogP contribution is 2.37. The fourth-order valence-electron chi connectivity index (χ4n) is 5.17. The average molecular weight is 657 g/mol. The van der Waals surface area contributed by atoms with Crippen LogP contribution in [0.1, 0.15) is 128 Å². The summed E-state index contributed by atoms with van der Waals surface area (Å²) in [6.07, 6.45) is 3.07. The molecule has 0 spiro atoms. The zero-order chi connectivity index (χ0) is 37.3. The van der Waals surface area contributed by atoms with E-state index >= 15 is 0 Å². The molecule has 2 aromatic rings. The van der Waals surface area contributed by atoms with Gasteiger partial charge in [0.15, 0.2) is 0 Å². The van der Waals surface area contributed by atoms with Crippen LogP contribution in [0.15, 0.2) is 36.4 Å². The van der Waals surface area contributed by atoms with Crippen LogP contribution in [0.3, 0.4) is 0 Å². The van der Waals surface area contributed by atoms with Gasteiger partial charge in [-0.3, -0.25) is 9.69 Å². The molecule has 0 aromatic heterocycles. The van der Waals surface area contributed by atoms with Crippen LogP contribution in [-0.2, 0) is 14.3 Å². The van der Waals surface area contributed by atoms with Gasteiger partial charge in [-0.15, -0.1) is 0 Å². The monoisotopic (exact) mass is 657 g/mol. The van der Waals surface area contributed by atoms with E-state index in [0.29, 0.717) is 17.9 Å². The SMILES string of the molecule is C=O.CC.CCC(=O)OC.CCCN(C)CCC(C)C.Cc1ccc(C)c(C)c1.Cc1ccc([C@@H]2CN(C(C)(C)C)CC2C)c(C)c1. The molecule has 0 N–H and O–H groups in total. The molecule has 2 aromatic carbocycles. The molecular weight excluding hydrogens is 580 g/mol.